The van der Waals surface area contributed by atoms with Crippen molar-refractivity contribution in [2.45, 2.75) is 26.8 Å². The molecule has 4 aromatic rings. The first-order chi connectivity index (χ1) is 13.5. The number of nitrogens with zero attached hydrogens (tertiary/aromatic N) is 2. The SMILES string of the molecule is Cc1noc(C)c1CCNC(=O)Cn1c(-c2cccs2)cc2cc(Cl)ccc21. The monoisotopic (exact) mass is 413 g/mol. The zero-order chi connectivity index (χ0) is 19.7. The van der Waals surface area contributed by atoms with Gasteiger partial charge in [0.2, 0.25) is 5.91 Å². The van der Waals surface area contributed by atoms with E-state index in [1.807, 2.05) is 48.1 Å². The van der Waals surface area contributed by atoms with Crippen LogP contribution in [-0.2, 0) is 17.8 Å². The summed E-state index contributed by atoms with van der Waals surface area (Å²) in [5.74, 6) is 0.775. The molecule has 0 aliphatic carbocycles. The highest BCUT2D eigenvalue weighted by atomic mass is 35.5. The van der Waals surface area contributed by atoms with Gasteiger partial charge in [0.05, 0.1) is 16.3 Å². The minimum Gasteiger partial charge on any atom is -0.361 e. The van der Waals surface area contributed by atoms with Crippen molar-refractivity contribution in [1.82, 2.24) is 15.0 Å². The number of nitrogens with one attached hydrogen (secondary N) is 1. The lowest BCUT2D eigenvalue weighted by Crippen LogP contribution is -2.29. The lowest BCUT2D eigenvalue weighted by molar-refractivity contribution is -0.121. The van der Waals surface area contributed by atoms with Gasteiger partial charge in [0.1, 0.15) is 12.3 Å². The third kappa shape index (κ3) is 3.70. The number of carbonyl (C=O) groups is 1. The van der Waals surface area contributed by atoms with Crippen molar-refractivity contribution in [2.75, 3.05) is 6.54 Å². The van der Waals surface area contributed by atoms with Crippen molar-refractivity contribution >= 4 is 39.7 Å². The molecule has 5 nitrogen and oxygen atoms in total. The molecule has 1 N–H and O–H groups in total. The third-order valence-corrected chi connectivity index (χ3v) is 5.94. The number of amides is 1. The molecule has 7 heteroatoms. The Morgan fingerprint density at radius 1 is 1.29 bits per heavy atom. The molecular formula is C21H20ClN3O2S. The summed E-state index contributed by atoms with van der Waals surface area (Å²) in [6, 6.07) is 11.9. The first-order valence-electron chi connectivity index (χ1n) is 9.04. The number of halogens is 1. The lowest BCUT2D eigenvalue weighted by atomic mass is 10.1. The van der Waals surface area contributed by atoms with Gasteiger partial charge in [0.25, 0.3) is 0 Å². The van der Waals surface area contributed by atoms with Gasteiger partial charge in [-0.25, -0.2) is 0 Å². The number of carbonyl (C=O) groups excluding carboxylic acids is 1. The van der Waals surface area contributed by atoms with Gasteiger partial charge in [-0.05, 0) is 56.0 Å². The van der Waals surface area contributed by atoms with Crippen LogP contribution in [0.4, 0.5) is 0 Å². The van der Waals surface area contributed by atoms with Crippen molar-refractivity contribution in [1.29, 1.82) is 0 Å². The quantitative estimate of drug-likeness (QED) is 0.484. The van der Waals surface area contributed by atoms with Gasteiger partial charge in [-0.2, -0.15) is 0 Å². The molecule has 0 bridgehead atoms. The van der Waals surface area contributed by atoms with E-state index in [0.717, 1.165) is 38.5 Å². The zero-order valence-corrected chi connectivity index (χ0v) is 17.2. The van der Waals surface area contributed by atoms with Crippen LogP contribution in [0.3, 0.4) is 0 Å². The van der Waals surface area contributed by atoms with Crippen LogP contribution in [0, 0.1) is 13.8 Å². The molecular weight excluding hydrogens is 394 g/mol. The Morgan fingerprint density at radius 3 is 2.86 bits per heavy atom. The Kier molecular flexibility index (Phi) is 5.24. The zero-order valence-electron chi connectivity index (χ0n) is 15.7. The summed E-state index contributed by atoms with van der Waals surface area (Å²) in [5, 5.41) is 10.7. The van der Waals surface area contributed by atoms with E-state index < -0.39 is 0 Å². The highest BCUT2D eigenvalue weighted by Gasteiger charge is 2.15. The minimum atomic E-state index is -0.0305. The molecule has 28 heavy (non-hydrogen) atoms. The van der Waals surface area contributed by atoms with Crippen molar-refractivity contribution in [3.05, 3.63) is 63.8 Å². The highest BCUT2D eigenvalue weighted by Crippen LogP contribution is 2.32. The number of rotatable bonds is 6. The van der Waals surface area contributed by atoms with Crippen LogP contribution in [0.1, 0.15) is 17.0 Å². The van der Waals surface area contributed by atoms with E-state index in [1.54, 1.807) is 11.3 Å². The number of aromatic nitrogens is 2. The van der Waals surface area contributed by atoms with Crippen LogP contribution in [0.25, 0.3) is 21.5 Å². The molecule has 3 aromatic heterocycles. The lowest BCUT2D eigenvalue weighted by Gasteiger charge is -2.11. The molecule has 0 saturated heterocycles. The number of hydrogen-bond acceptors (Lipinski definition) is 4. The van der Waals surface area contributed by atoms with Gasteiger partial charge in [-0.1, -0.05) is 22.8 Å². The summed E-state index contributed by atoms with van der Waals surface area (Å²) in [6.07, 6.45) is 0.701. The molecule has 3 heterocycles. The fourth-order valence-electron chi connectivity index (χ4n) is 3.43. The molecule has 0 unspecified atom stereocenters. The van der Waals surface area contributed by atoms with E-state index in [2.05, 4.69) is 22.6 Å². The molecule has 1 aromatic carbocycles. The Labute approximate surface area is 171 Å². The van der Waals surface area contributed by atoms with Crippen LogP contribution in [0.5, 0.6) is 0 Å². The summed E-state index contributed by atoms with van der Waals surface area (Å²) in [7, 11) is 0. The second-order valence-corrected chi connectivity index (χ2v) is 8.08. The van der Waals surface area contributed by atoms with Crippen LogP contribution in [0.2, 0.25) is 5.02 Å². The fraction of sp³-hybridized carbons (Fsp3) is 0.238. The van der Waals surface area contributed by atoms with Gasteiger partial charge < -0.3 is 14.4 Å². The molecule has 1 amide bonds. The number of thiophene rings is 1. The molecule has 0 fully saturated rings. The third-order valence-electron chi connectivity index (χ3n) is 4.82. The average molecular weight is 414 g/mol. The minimum absolute atomic E-state index is 0.0305. The number of benzene rings is 1. The number of hydrogen-bond donors (Lipinski definition) is 1. The van der Waals surface area contributed by atoms with Crippen molar-refractivity contribution in [3.63, 3.8) is 0 Å². The summed E-state index contributed by atoms with van der Waals surface area (Å²) in [5.41, 5.74) is 3.95. The maximum Gasteiger partial charge on any atom is 0.239 e. The number of fused-ring (bicyclic) bond motifs is 1. The molecule has 144 valence electrons. The van der Waals surface area contributed by atoms with Gasteiger partial charge in [-0.15, -0.1) is 11.3 Å². The summed E-state index contributed by atoms with van der Waals surface area (Å²) >= 11 is 7.81. The first kappa shape index (κ1) is 18.8. The van der Waals surface area contributed by atoms with E-state index in [0.29, 0.717) is 18.0 Å². The Morgan fingerprint density at radius 2 is 2.14 bits per heavy atom. The average Bonchev–Trinajstić information content (AvgIpc) is 3.37. The standard InChI is InChI=1S/C21H20ClN3O2S/c1-13-17(14(2)27-24-13)7-8-23-21(26)12-25-18-6-5-16(22)10-15(18)11-19(25)20-4-3-9-28-20/h3-6,9-11H,7-8,12H2,1-2H3,(H,23,26). The van der Waals surface area contributed by atoms with E-state index in [9.17, 15) is 4.79 Å². The van der Waals surface area contributed by atoms with Gasteiger partial charge >= 0.3 is 0 Å². The van der Waals surface area contributed by atoms with Crippen molar-refractivity contribution < 1.29 is 9.32 Å². The second kappa shape index (κ2) is 7.81. The van der Waals surface area contributed by atoms with Gasteiger partial charge in [0.15, 0.2) is 0 Å². The van der Waals surface area contributed by atoms with Crippen LogP contribution < -0.4 is 5.32 Å². The highest BCUT2D eigenvalue weighted by molar-refractivity contribution is 7.13. The Hall–Kier alpha value is -2.57. The summed E-state index contributed by atoms with van der Waals surface area (Å²) < 4.78 is 7.22. The van der Waals surface area contributed by atoms with E-state index >= 15 is 0 Å². The number of aryl methyl sites for hydroxylation is 2. The van der Waals surface area contributed by atoms with Crippen molar-refractivity contribution in [2.24, 2.45) is 0 Å². The maximum absolute atomic E-state index is 12.6. The summed E-state index contributed by atoms with van der Waals surface area (Å²) in [6.45, 7) is 4.60. The van der Waals surface area contributed by atoms with Crippen LogP contribution in [-0.4, -0.2) is 22.2 Å². The van der Waals surface area contributed by atoms with Crippen molar-refractivity contribution in [3.8, 4) is 10.6 Å². The predicted octanol–water partition coefficient (Wildman–Crippen LogP) is 4.99. The Bertz CT molecular complexity index is 1110. The maximum atomic E-state index is 12.6. The molecule has 0 aliphatic rings. The van der Waals surface area contributed by atoms with Crippen LogP contribution >= 0.6 is 22.9 Å². The van der Waals surface area contributed by atoms with E-state index in [1.165, 1.54) is 0 Å². The molecule has 0 aliphatic heterocycles. The fourth-order valence-corrected chi connectivity index (χ4v) is 4.36. The topological polar surface area (TPSA) is 60.1 Å². The van der Waals surface area contributed by atoms with E-state index in [4.69, 9.17) is 16.1 Å². The van der Waals surface area contributed by atoms with Gasteiger partial charge in [-0.3, -0.25) is 4.79 Å². The molecule has 4 rings (SSSR count). The molecule has 0 radical (unpaired) electrons. The predicted molar refractivity (Wildman–Crippen MR) is 113 cm³/mol. The second-order valence-electron chi connectivity index (χ2n) is 6.70. The first-order valence-corrected chi connectivity index (χ1v) is 10.3. The molecule has 0 saturated carbocycles. The summed E-state index contributed by atoms with van der Waals surface area (Å²) in [4.78, 5) is 13.8. The smallest absolute Gasteiger partial charge is 0.239 e. The molecule has 0 atom stereocenters. The normalized spacial score (nSPS) is 11.2. The van der Waals surface area contributed by atoms with Crippen LogP contribution in [0.15, 0.2) is 46.3 Å². The van der Waals surface area contributed by atoms with Gasteiger partial charge in [0, 0.05) is 28.0 Å². The molecule has 0 spiro atoms. The Balaban J connectivity index is 1.53. The van der Waals surface area contributed by atoms with E-state index in [-0.39, 0.29) is 12.5 Å². The largest absolute Gasteiger partial charge is 0.361 e.